The molecule has 0 aliphatic carbocycles. The monoisotopic (exact) mass is 393 g/mol. The van der Waals surface area contributed by atoms with Gasteiger partial charge in [-0.25, -0.2) is 4.79 Å². The van der Waals surface area contributed by atoms with Crippen molar-refractivity contribution < 1.29 is 14.3 Å². The number of nitrogens with one attached hydrogen (secondary N) is 2. The fraction of sp³-hybridized carbons (Fsp3) is 0.579. The van der Waals surface area contributed by atoms with Crippen LogP contribution in [0, 0.1) is 17.2 Å². The largest absolute Gasteiger partial charge is 0.462 e. The van der Waals surface area contributed by atoms with Crippen LogP contribution in [0.25, 0.3) is 0 Å². The van der Waals surface area contributed by atoms with Crippen LogP contribution in [-0.2, 0) is 9.53 Å². The van der Waals surface area contributed by atoms with Crippen molar-refractivity contribution in [2.45, 2.75) is 58.0 Å². The number of nitrogens with zero attached hydrogens (tertiary/aromatic N) is 1. The molecule has 0 saturated carbocycles. The van der Waals surface area contributed by atoms with Gasteiger partial charge >= 0.3 is 5.97 Å². The Morgan fingerprint density at radius 3 is 2.63 bits per heavy atom. The van der Waals surface area contributed by atoms with Crippen molar-refractivity contribution in [3.8, 4) is 6.07 Å². The summed E-state index contributed by atoms with van der Waals surface area (Å²) in [5, 5.41) is 12.4. The van der Waals surface area contributed by atoms with Crippen molar-refractivity contribution in [3.05, 3.63) is 27.5 Å². The fourth-order valence-electron chi connectivity index (χ4n) is 2.43. The molecule has 7 nitrogen and oxygen atoms in total. The quantitative estimate of drug-likeness (QED) is 0.467. The zero-order chi connectivity index (χ0) is 20.4. The highest BCUT2D eigenvalue weighted by molar-refractivity contribution is 8.00. The van der Waals surface area contributed by atoms with Crippen LogP contribution in [0.15, 0.2) is 15.9 Å². The topological polar surface area (TPSA) is 112 Å². The molecule has 1 unspecified atom stereocenters. The van der Waals surface area contributed by atoms with Crippen LogP contribution in [0.2, 0.25) is 0 Å². The molecule has 1 aromatic rings. The van der Waals surface area contributed by atoms with E-state index in [1.54, 1.807) is 6.92 Å². The van der Waals surface area contributed by atoms with Crippen LogP contribution in [0.4, 0.5) is 0 Å². The Labute approximate surface area is 163 Å². The van der Waals surface area contributed by atoms with E-state index in [0.29, 0.717) is 5.92 Å². The van der Waals surface area contributed by atoms with Crippen molar-refractivity contribution in [1.82, 2.24) is 10.3 Å². The second-order valence-electron chi connectivity index (χ2n) is 6.67. The molecule has 0 radical (unpaired) electrons. The third-order valence-electron chi connectivity index (χ3n) is 3.79. The Morgan fingerprint density at radius 1 is 1.33 bits per heavy atom. The van der Waals surface area contributed by atoms with Gasteiger partial charge in [0.15, 0.2) is 0 Å². The first-order valence-corrected chi connectivity index (χ1v) is 10.0. The Balaban J connectivity index is 2.67. The van der Waals surface area contributed by atoms with Crippen molar-refractivity contribution in [2.24, 2.45) is 5.92 Å². The summed E-state index contributed by atoms with van der Waals surface area (Å²) < 4.78 is 4.80. The van der Waals surface area contributed by atoms with Gasteiger partial charge in [-0.05, 0) is 32.3 Å². The Hall–Kier alpha value is -2.27. The molecule has 2 N–H and O–H groups in total. The number of esters is 1. The van der Waals surface area contributed by atoms with Gasteiger partial charge in [0, 0.05) is 6.04 Å². The first-order valence-electron chi connectivity index (χ1n) is 9.05. The van der Waals surface area contributed by atoms with Gasteiger partial charge in [-0.1, -0.05) is 38.5 Å². The molecule has 0 spiro atoms. The first-order chi connectivity index (χ1) is 12.8. The minimum absolute atomic E-state index is 0.0672. The summed E-state index contributed by atoms with van der Waals surface area (Å²) in [5.74, 6) is -0.240. The lowest BCUT2D eigenvalue weighted by Gasteiger charge is -2.14. The molecule has 1 atom stereocenters. The minimum Gasteiger partial charge on any atom is -0.462 e. The summed E-state index contributed by atoms with van der Waals surface area (Å²) in [5.41, 5.74) is -0.737. The smallest absolute Gasteiger partial charge is 0.343 e. The Bertz CT molecular complexity index is 752. The maximum atomic E-state index is 12.1. The lowest BCUT2D eigenvalue weighted by molar-refractivity contribution is -0.119. The SMILES string of the molecule is CCOC(=O)c1cc(C#N)c(SCC(=O)NC(C)CCCC(C)C)[nH]c1=O. The molecule has 0 bridgehead atoms. The van der Waals surface area contributed by atoms with E-state index in [1.807, 2.05) is 13.0 Å². The number of amides is 1. The second kappa shape index (κ2) is 11.4. The predicted molar refractivity (Wildman–Crippen MR) is 105 cm³/mol. The van der Waals surface area contributed by atoms with Crippen LogP contribution in [0.3, 0.4) is 0 Å². The molecule has 1 amide bonds. The average Bonchev–Trinajstić information content (AvgIpc) is 2.59. The number of rotatable bonds is 10. The van der Waals surface area contributed by atoms with E-state index in [-0.39, 0.29) is 40.5 Å². The summed E-state index contributed by atoms with van der Waals surface area (Å²) in [6.45, 7) is 8.05. The highest BCUT2D eigenvalue weighted by Gasteiger charge is 2.17. The van der Waals surface area contributed by atoms with Crippen molar-refractivity contribution in [2.75, 3.05) is 12.4 Å². The normalized spacial score (nSPS) is 11.7. The number of hydrogen-bond donors (Lipinski definition) is 2. The van der Waals surface area contributed by atoms with E-state index in [4.69, 9.17) is 4.74 Å². The van der Waals surface area contributed by atoms with Gasteiger partial charge in [0.2, 0.25) is 5.91 Å². The summed E-state index contributed by atoms with van der Waals surface area (Å²) in [4.78, 5) is 38.4. The molecule has 0 fully saturated rings. The Kier molecular flexibility index (Phi) is 9.65. The molecule has 0 saturated heterocycles. The van der Waals surface area contributed by atoms with Crippen LogP contribution in [0.1, 0.15) is 62.9 Å². The van der Waals surface area contributed by atoms with Gasteiger partial charge in [-0.15, -0.1) is 0 Å². The number of ether oxygens (including phenoxy) is 1. The number of aromatic amines is 1. The van der Waals surface area contributed by atoms with Crippen molar-refractivity contribution in [3.63, 3.8) is 0 Å². The number of aromatic nitrogens is 1. The third-order valence-corrected chi connectivity index (χ3v) is 4.81. The van der Waals surface area contributed by atoms with E-state index in [2.05, 4.69) is 24.1 Å². The van der Waals surface area contributed by atoms with Gasteiger partial charge < -0.3 is 15.0 Å². The zero-order valence-electron chi connectivity index (χ0n) is 16.3. The first kappa shape index (κ1) is 22.8. The number of nitriles is 1. The van der Waals surface area contributed by atoms with Gasteiger partial charge in [0.25, 0.3) is 5.56 Å². The lowest BCUT2D eigenvalue weighted by Crippen LogP contribution is -2.34. The molecule has 1 heterocycles. The molecule has 1 rings (SSSR count). The van der Waals surface area contributed by atoms with E-state index in [1.165, 1.54) is 6.07 Å². The lowest BCUT2D eigenvalue weighted by atomic mass is 10.0. The molecule has 148 valence electrons. The van der Waals surface area contributed by atoms with E-state index >= 15 is 0 Å². The molecule has 1 aromatic heterocycles. The van der Waals surface area contributed by atoms with E-state index in [9.17, 15) is 19.6 Å². The van der Waals surface area contributed by atoms with E-state index in [0.717, 1.165) is 31.0 Å². The average molecular weight is 394 g/mol. The number of pyridine rings is 1. The number of H-pyrrole nitrogens is 1. The highest BCUT2D eigenvalue weighted by Crippen LogP contribution is 2.19. The molecular formula is C19H27N3O4S. The summed E-state index contributed by atoms with van der Waals surface area (Å²) in [6.07, 6.45) is 3.07. The highest BCUT2D eigenvalue weighted by atomic mass is 32.2. The van der Waals surface area contributed by atoms with Gasteiger partial charge in [-0.2, -0.15) is 5.26 Å². The third kappa shape index (κ3) is 7.87. The number of hydrogen-bond acceptors (Lipinski definition) is 6. The minimum atomic E-state index is -0.778. The molecule has 27 heavy (non-hydrogen) atoms. The maximum absolute atomic E-state index is 12.1. The molecular weight excluding hydrogens is 366 g/mol. The van der Waals surface area contributed by atoms with Gasteiger partial charge in [-0.3, -0.25) is 9.59 Å². The molecule has 8 heteroatoms. The molecule has 0 aliphatic rings. The van der Waals surface area contributed by atoms with Crippen LogP contribution in [0.5, 0.6) is 0 Å². The fourth-order valence-corrected chi connectivity index (χ4v) is 3.21. The van der Waals surface area contributed by atoms with Crippen molar-refractivity contribution >= 4 is 23.6 Å². The summed E-state index contributed by atoms with van der Waals surface area (Å²) in [7, 11) is 0. The maximum Gasteiger partial charge on any atom is 0.343 e. The molecule has 0 aromatic carbocycles. The van der Waals surface area contributed by atoms with Gasteiger partial charge in [0.05, 0.1) is 22.9 Å². The van der Waals surface area contributed by atoms with Crippen molar-refractivity contribution in [1.29, 1.82) is 5.26 Å². The number of thioether (sulfide) groups is 1. The van der Waals surface area contributed by atoms with Crippen LogP contribution < -0.4 is 10.9 Å². The molecule has 0 aliphatic heterocycles. The predicted octanol–water partition coefficient (Wildman–Crippen LogP) is 2.85. The number of carbonyl (C=O) groups excluding carboxylic acids is 2. The van der Waals surface area contributed by atoms with Crippen LogP contribution >= 0.6 is 11.8 Å². The Morgan fingerprint density at radius 2 is 2.04 bits per heavy atom. The van der Waals surface area contributed by atoms with Gasteiger partial charge in [0.1, 0.15) is 11.6 Å². The summed E-state index contributed by atoms with van der Waals surface area (Å²) in [6, 6.07) is 3.20. The van der Waals surface area contributed by atoms with Crippen LogP contribution in [-0.4, -0.2) is 35.3 Å². The van der Waals surface area contributed by atoms with E-state index < -0.39 is 11.5 Å². The zero-order valence-corrected chi connectivity index (χ0v) is 17.1. The number of carbonyl (C=O) groups is 2. The summed E-state index contributed by atoms with van der Waals surface area (Å²) >= 11 is 1.06. The second-order valence-corrected chi connectivity index (χ2v) is 7.65. The standard InChI is InChI=1S/C19H27N3O4S/c1-5-26-19(25)15-9-14(10-20)18(22-17(15)24)27-11-16(23)21-13(4)8-6-7-12(2)3/h9,12-13H,5-8,11H2,1-4H3,(H,21,23)(H,22,24).